The number of halogens is 1. The van der Waals surface area contributed by atoms with Crippen LogP contribution in [0, 0.1) is 11.8 Å². The molecular formula is C42H53ClN2O2. The molecule has 0 aliphatic rings. The second kappa shape index (κ2) is 17.6. The average Bonchev–Trinajstić information content (AvgIpc) is 3.05. The molecule has 5 heteroatoms. The minimum absolute atomic E-state index is 0.0219. The first kappa shape index (κ1) is 37.9. The molecule has 0 aliphatic carbocycles. The predicted molar refractivity (Wildman–Crippen MR) is 201 cm³/mol. The molecule has 0 heterocycles. The standard InChI is InChI=1S/C21H26ClNO.C21H27NO/c1-16(14-18-8-6-5-7-9-18)21(24,17(2)15-23(3)4)19-10-12-20(22)13-11-19;1-17(15-19-11-7-5-8-12-19)21(23,18(2)16-22(3)4)20-13-9-6-10-14-20/h5-14,17,24H,15H2,1-4H3;5-15,18,23H,16H2,1-4H3. The molecule has 2 N–H and O–H groups in total. The molecule has 0 aromatic heterocycles. The number of benzene rings is 4. The Kier molecular flexibility index (Phi) is 14.2. The number of hydrogen-bond donors (Lipinski definition) is 2. The van der Waals surface area contributed by atoms with E-state index in [1.54, 1.807) is 0 Å². The molecule has 250 valence electrons. The summed E-state index contributed by atoms with van der Waals surface area (Å²) >= 11 is 6.03. The number of nitrogens with zero attached hydrogens (tertiary/aromatic N) is 2. The summed E-state index contributed by atoms with van der Waals surface area (Å²) in [7, 11) is 8.13. The van der Waals surface area contributed by atoms with Gasteiger partial charge in [0.2, 0.25) is 0 Å². The van der Waals surface area contributed by atoms with Crippen molar-refractivity contribution in [2.75, 3.05) is 41.3 Å². The van der Waals surface area contributed by atoms with Gasteiger partial charge in [0.15, 0.2) is 0 Å². The molecule has 0 radical (unpaired) electrons. The van der Waals surface area contributed by atoms with E-state index in [-0.39, 0.29) is 11.8 Å². The second-order valence-corrected chi connectivity index (χ2v) is 13.6. The van der Waals surface area contributed by atoms with Crippen molar-refractivity contribution in [3.05, 3.63) is 154 Å². The third-order valence-corrected chi connectivity index (χ3v) is 9.02. The van der Waals surface area contributed by atoms with Crippen molar-refractivity contribution in [3.63, 3.8) is 0 Å². The van der Waals surface area contributed by atoms with E-state index in [1.165, 1.54) is 0 Å². The fraction of sp³-hybridized carbons (Fsp3) is 0.333. The van der Waals surface area contributed by atoms with E-state index in [0.29, 0.717) is 5.02 Å². The first-order valence-electron chi connectivity index (χ1n) is 16.3. The molecule has 0 saturated carbocycles. The number of rotatable bonds is 12. The van der Waals surface area contributed by atoms with Crippen LogP contribution in [0.15, 0.2) is 126 Å². The highest BCUT2D eigenvalue weighted by atomic mass is 35.5. The van der Waals surface area contributed by atoms with Gasteiger partial charge in [0.25, 0.3) is 0 Å². The minimum atomic E-state index is -1.05. The maximum absolute atomic E-state index is 11.7. The number of aliphatic hydroxyl groups is 2. The maximum atomic E-state index is 11.7. The summed E-state index contributed by atoms with van der Waals surface area (Å²) in [6.45, 7) is 9.79. The highest BCUT2D eigenvalue weighted by Crippen LogP contribution is 2.39. The van der Waals surface area contributed by atoms with Gasteiger partial charge in [-0.05, 0) is 87.6 Å². The Hall–Kier alpha value is -3.51. The van der Waals surface area contributed by atoms with Gasteiger partial charge in [0.1, 0.15) is 11.2 Å². The Labute approximate surface area is 288 Å². The minimum Gasteiger partial charge on any atom is -0.380 e. The lowest BCUT2D eigenvalue weighted by Crippen LogP contribution is -2.40. The van der Waals surface area contributed by atoms with Gasteiger partial charge in [-0.2, -0.15) is 0 Å². The van der Waals surface area contributed by atoms with Crippen molar-refractivity contribution < 1.29 is 10.2 Å². The molecule has 0 saturated heterocycles. The lowest BCUT2D eigenvalue weighted by Gasteiger charge is -2.37. The van der Waals surface area contributed by atoms with E-state index in [4.69, 9.17) is 11.6 Å². The molecule has 0 bridgehead atoms. The van der Waals surface area contributed by atoms with Gasteiger partial charge in [-0.1, -0.05) is 141 Å². The fourth-order valence-corrected chi connectivity index (χ4v) is 6.50. The Bertz CT molecular complexity index is 1550. The topological polar surface area (TPSA) is 46.9 Å². The second-order valence-electron chi connectivity index (χ2n) is 13.2. The van der Waals surface area contributed by atoms with Crippen LogP contribution in [-0.2, 0) is 11.2 Å². The van der Waals surface area contributed by atoms with Gasteiger partial charge in [0.05, 0.1) is 0 Å². The largest absolute Gasteiger partial charge is 0.380 e. The molecule has 4 rings (SSSR count). The van der Waals surface area contributed by atoms with E-state index in [9.17, 15) is 10.2 Å². The van der Waals surface area contributed by atoms with Crippen molar-refractivity contribution in [1.29, 1.82) is 0 Å². The van der Waals surface area contributed by atoms with Crippen LogP contribution in [0.3, 0.4) is 0 Å². The van der Waals surface area contributed by atoms with Crippen molar-refractivity contribution in [1.82, 2.24) is 9.80 Å². The first-order valence-corrected chi connectivity index (χ1v) is 16.7. The molecule has 0 amide bonds. The molecule has 0 spiro atoms. The van der Waals surface area contributed by atoms with Gasteiger partial charge < -0.3 is 20.0 Å². The van der Waals surface area contributed by atoms with Crippen LogP contribution >= 0.6 is 11.6 Å². The average molecular weight is 653 g/mol. The van der Waals surface area contributed by atoms with Gasteiger partial charge in [0, 0.05) is 29.9 Å². The van der Waals surface area contributed by atoms with E-state index >= 15 is 0 Å². The van der Waals surface area contributed by atoms with Crippen molar-refractivity contribution in [3.8, 4) is 0 Å². The summed E-state index contributed by atoms with van der Waals surface area (Å²) in [4.78, 5) is 4.22. The molecular weight excluding hydrogens is 600 g/mol. The first-order chi connectivity index (χ1) is 22.3. The zero-order chi connectivity index (χ0) is 34.6. The Balaban J connectivity index is 0.000000256. The molecule has 4 aromatic rings. The normalized spacial score (nSPS) is 16.1. The number of hydrogen-bond acceptors (Lipinski definition) is 4. The third kappa shape index (κ3) is 10.2. The van der Waals surface area contributed by atoms with Crippen LogP contribution in [0.25, 0.3) is 12.2 Å². The van der Waals surface area contributed by atoms with Gasteiger partial charge in [-0.3, -0.25) is 0 Å². The van der Waals surface area contributed by atoms with Crippen molar-refractivity contribution in [2.45, 2.75) is 38.9 Å². The van der Waals surface area contributed by atoms with Crippen molar-refractivity contribution >= 4 is 23.8 Å². The summed E-state index contributed by atoms with van der Waals surface area (Å²) in [5, 5.41) is 24.0. The van der Waals surface area contributed by atoms with Crippen LogP contribution in [0.5, 0.6) is 0 Å². The molecule has 0 aliphatic heterocycles. The molecule has 4 nitrogen and oxygen atoms in total. The smallest absolute Gasteiger partial charge is 0.114 e. The summed E-state index contributed by atoms with van der Waals surface area (Å²) < 4.78 is 0. The SMILES string of the molecule is CC(=Cc1ccccc1)C(O)(c1ccc(Cl)cc1)C(C)CN(C)C.CC(=Cc1ccccc1)C(O)(c1ccccc1)C(C)CN(C)C. The zero-order valence-corrected chi connectivity index (χ0v) is 30.1. The fourth-order valence-electron chi connectivity index (χ4n) is 6.38. The lowest BCUT2D eigenvalue weighted by molar-refractivity contribution is 0.0104. The summed E-state index contributed by atoms with van der Waals surface area (Å²) in [6, 6.07) is 37.7. The Morgan fingerprint density at radius 3 is 1.23 bits per heavy atom. The third-order valence-electron chi connectivity index (χ3n) is 8.77. The lowest BCUT2D eigenvalue weighted by atomic mass is 9.76. The van der Waals surface area contributed by atoms with Gasteiger partial charge in [-0.15, -0.1) is 0 Å². The van der Waals surface area contributed by atoms with Crippen LogP contribution in [0.4, 0.5) is 0 Å². The zero-order valence-electron chi connectivity index (χ0n) is 29.4. The van der Waals surface area contributed by atoms with Gasteiger partial charge in [-0.25, -0.2) is 0 Å². The van der Waals surface area contributed by atoms with Gasteiger partial charge >= 0.3 is 0 Å². The summed E-state index contributed by atoms with van der Waals surface area (Å²) in [5.74, 6) is 0.0912. The summed E-state index contributed by atoms with van der Waals surface area (Å²) in [6.07, 6.45) is 4.14. The molecule has 0 fully saturated rings. The highest BCUT2D eigenvalue weighted by Gasteiger charge is 2.38. The van der Waals surface area contributed by atoms with Crippen molar-refractivity contribution in [2.24, 2.45) is 11.8 Å². The maximum Gasteiger partial charge on any atom is 0.114 e. The quantitative estimate of drug-likeness (QED) is 0.160. The highest BCUT2D eigenvalue weighted by molar-refractivity contribution is 6.30. The van der Waals surface area contributed by atoms with E-state index in [2.05, 4.69) is 47.9 Å². The molecule has 47 heavy (non-hydrogen) atoms. The Morgan fingerprint density at radius 1 is 0.574 bits per heavy atom. The summed E-state index contributed by atoms with van der Waals surface area (Å²) in [5.41, 5.74) is 3.85. The van der Waals surface area contributed by atoms with E-state index in [0.717, 1.165) is 46.5 Å². The van der Waals surface area contributed by atoms with Crippen LogP contribution in [0.1, 0.15) is 49.9 Å². The molecule has 4 unspecified atom stereocenters. The van der Waals surface area contributed by atoms with E-state index in [1.807, 2.05) is 145 Å². The monoisotopic (exact) mass is 652 g/mol. The van der Waals surface area contributed by atoms with E-state index < -0.39 is 11.2 Å². The van der Waals surface area contributed by atoms with Crippen LogP contribution in [-0.4, -0.2) is 61.3 Å². The van der Waals surface area contributed by atoms with Crippen LogP contribution in [0.2, 0.25) is 5.02 Å². The predicted octanol–water partition coefficient (Wildman–Crippen LogP) is 9.00. The molecule has 4 atom stereocenters. The molecule has 4 aromatic carbocycles. The van der Waals surface area contributed by atoms with Crippen LogP contribution < -0.4 is 0 Å². The Morgan fingerprint density at radius 2 is 0.894 bits per heavy atom.